The fourth-order valence-electron chi connectivity index (χ4n) is 1.62. The molecule has 1 N–H and O–H groups in total. The van der Waals surface area contributed by atoms with E-state index in [9.17, 15) is 0 Å². The first kappa shape index (κ1) is 11.8. The molecule has 0 radical (unpaired) electrons. The molecule has 0 unspecified atom stereocenters. The van der Waals surface area contributed by atoms with Gasteiger partial charge in [0.25, 0.3) is 0 Å². The van der Waals surface area contributed by atoms with E-state index in [-0.39, 0.29) is 5.41 Å². The molecule has 1 rings (SSSR count). The number of oxime groups is 1. The first-order valence-corrected chi connectivity index (χ1v) is 5.34. The Hall–Kier alpha value is -1.31. The summed E-state index contributed by atoms with van der Waals surface area (Å²) in [4.78, 5) is 0. The SMILES string of the molecule is CCc1ccc(CC(C)(C)C=NO)cc1. The minimum absolute atomic E-state index is 0.0948. The van der Waals surface area contributed by atoms with Crippen LogP contribution in [0.1, 0.15) is 31.9 Å². The molecule has 2 nitrogen and oxygen atoms in total. The Labute approximate surface area is 91.6 Å². The quantitative estimate of drug-likeness (QED) is 0.456. The van der Waals surface area contributed by atoms with E-state index >= 15 is 0 Å². The minimum Gasteiger partial charge on any atom is -0.411 e. The Morgan fingerprint density at radius 1 is 1.20 bits per heavy atom. The second kappa shape index (κ2) is 4.96. The summed E-state index contributed by atoms with van der Waals surface area (Å²) < 4.78 is 0. The lowest BCUT2D eigenvalue weighted by atomic mass is 9.87. The Balaban J connectivity index is 2.72. The molecule has 82 valence electrons. The predicted molar refractivity (Wildman–Crippen MR) is 63.6 cm³/mol. The third kappa shape index (κ3) is 3.74. The number of aryl methyl sites for hydroxylation is 1. The predicted octanol–water partition coefficient (Wildman–Crippen LogP) is 3.28. The Kier molecular flexibility index (Phi) is 3.89. The maximum Gasteiger partial charge on any atom is 0.0495 e. The van der Waals surface area contributed by atoms with Crippen molar-refractivity contribution in [3.05, 3.63) is 35.4 Å². The van der Waals surface area contributed by atoms with Crippen LogP contribution in [-0.2, 0) is 12.8 Å². The van der Waals surface area contributed by atoms with Gasteiger partial charge in [0.1, 0.15) is 0 Å². The molecule has 0 spiro atoms. The minimum atomic E-state index is -0.0948. The van der Waals surface area contributed by atoms with E-state index in [1.54, 1.807) is 6.21 Å². The van der Waals surface area contributed by atoms with Crippen molar-refractivity contribution in [2.24, 2.45) is 10.6 Å². The molecule has 0 fully saturated rings. The molecule has 0 saturated carbocycles. The molecule has 0 amide bonds. The summed E-state index contributed by atoms with van der Waals surface area (Å²) in [6, 6.07) is 8.60. The summed E-state index contributed by atoms with van der Waals surface area (Å²) in [6.45, 7) is 6.26. The zero-order chi connectivity index (χ0) is 11.3. The van der Waals surface area contributed by atoms with Crippen LogP contribution in [0.3, 0.4) is 0 Å². The molecular weight excluding hydrogens is 186 g/mol. The zero-order valence-electron chi connectivity index (χ0n) is 9.70. The fourth-order valence-corrected chi connectivity index (χ4v) is 1.62. The van der Waals surface area contributed by atoms with E-state index in [4.69, 9.17) is 5.21 Å². The molecule has 0 bridgehead atoms. The van der Waals surface area contributed by atoms with Crippen LogP contribution in [-0.4, -0.2) is 11.4 Å². The van der Waals surface area contributed by atoms with Crippen molar-refractivity contribution in [2.45, 2.75) is 33.6 Å². The largest absolute Gasteiger partial charge is 0.411 e. The lowest BCUT2D eigenvalue weighted by Gasteiger charge is -2.18. The Bertz CT molecular complexity index is 325. The van der Waals surface area contributed by atoms with E-state index in [0.717, 1.165) is 12.8 Å². The molecule has 0 aliphatic carbocycles. The highest BCUT2D eigenvalue weighted by atomic mass is 16.4. The Morgan fingerprint density at radius 2 is 1.73 bits per heavy atom. The molecule has 0 saturated heterocycles. The van der Waals surface area contributed by atoms with Gasteiger partial charge < -0.3 is 5.21 Å². The van der Waals surface area contributed by atoms with Gasteiger partial charge in [-0.2, -0.15) is 0 Å². The Morgan fingerprint density at radius 3 is 2.20 bits per heavy atom. The van der Waals surface area contributed by atoms with Crippen molar-refractivity contribution < 1.29 is 5.21 Å². The second-order valence-corrected chi connectivity index (χ2v) is 4.58. The van der Waals surface area contributed by atoms with Crippen molar-refractivity contribution in [1.29, 1.82) is 0 Å². The van der Waals surface area contributed by atoms with E-state index in [2.05, 4.69) is 50.2 Å². The van der Waals surface area contributed by atoms with Gasteiger partial charge in [-0.05, 0) is 24.0 Å². The van der Waals surface area contributed by atoms with E-state index in [1.807, 2.05) is 0 Å². The van der Waals surface area contributed by atoms with Crippen LogP contribution in [0.25, 0.3) is 0 Å². The lowest BCUT2D eigenvalue weighted by Crippen LogP contribution is -2.16. The van der Waals surface area contributed by atoms with Gasteiger partial charge in [-0.15, -0.1) is 5.16 Å². The van der Waals surface area contributed by atoms with Gasteiger partial charge in [0.05, 0.1) is 0 Å². The first-order chi connectivity index (χ1) is 7.07. The van der Waals surface area contributed by atoms with Crippen molar-refractivity contribution in [1.82, 2.24) is 0 Å². The number of benzene rings is 1. The zero-order valence-corrected chi connectivity index (χ0v) is 9.70. The average Bonchev–Trinajstić information content (AvgIpc) is 2.18. The standard InChI is InChI=1S/C13H19NO/c1-4-11-5-7-12(8-6-11)9-13(2,3)10-14-15/h5-8,10,15H,4,9H2,1-3H3. The van der Waals surface area contributed by atoms with E-state index in [1.165, 1.54) is 11.1 Å². The van der Waals surface area contributed by atoms with Crippen molar-refractivity contribution >= 4 is 6.21 Å². The summed E-state index contributed by atoms with van der Waals surface area (Å²) in [5.41, 5.74) is 2.53. The maximum atomic E-state index is 8.53. The second-order valence-electron chi connectivity index (χ2n) is 4.58. The van der Waals surface area contributed by atoms with Crippen LogP contribution >= 0.6 is 0 Å². The molecule has 0 aliphatic heterocycles. The summed E-state index contributed by atoms with van der Waals surface area (Å²) >= 11 is 0. The van der Waals surface area contributed by atoms with Crippen molar-refractivity contribution in [3.8, 4) is 0 Å². The monoisotopic (exact) mass is 205 g/mol. The summed E-state index contributed by atoms with van der Waals surface area (Å²) in [5.74, 6) is 0. The van der Waals surface area contributed by atoms with Gasteiger partial charge in [-0.25, -0.2) is 0 Å². The third-order valence-electron chi connectivity index (χ3n) is 2.50. The number of hydrogen-bond donors (Lipinski definition) is 1. The van der Waals surface area contributed by atoms with Crippen molar-refractivity contribution in [2.75, 3.05) is 0 Å². The first-order valence-electron chi connectivity index (χ1n) is 5.34. The van der Waals surface area contributed by atoms with Gasteiger partial charge in [-0.1, -0.05) is 45.0 Å². The lowest BCUT2D eigenvalue weighted by molar-refractivity contribution is 0.313. The molecule has 0 aliphatic rings. The summed E-state index contributed by atoms with van der Waals surface area (Å²) in [6.07, 6.45) is 3.55. The maximum absolute atomic E-state index is 8.53. The van der Waals surface area contributed by atoms with E-state index < -0.39 is 0 Å². The molecular formula is C13H19NO. The smallest absolute Gasteiger partial charge is 0.0495 e. The van der Waals surface area contributed by atoms with Gasteiger partial charge in [0.15, 0.2) is 0 Å². The molecule has 0 heterocycles. The highest BCUT2D eigenvalue weighted by Crippen LogP contribution is 2.19. The average molecular weight is 205 g/mol. The number of rotatable bonds is 4. The molecule has 1 aromatic rings. The summed E-state index contributed by atoms with van der Waals surface area (Å²) in [5, 5.41) is 11.6. The molecule has 15 heavy (non-hydrogen) atoms. The van der Waals surface area contributed by atoms with Gasteiger partial charge in [0.2, 0.25) is 0 Å². The van der Waals surface area contributed by atoms with Crippen molar-refractivity contribution in [3.63, 3.8) is 0 Å². The third-order valence-corrected chi connectivity index (χ3v) is 2.50. The van der Waals surface area contributed by atoms with Crippen LogP contribution in [0.2, 0.25) is 0 Å². The number of nitrogens with zero attached hydrogens (tertiary/aromatic N) is 1. The molecule has 1 aromatic carbocycles. The van der Waals surface area contributed by atoms with Gasteiger partial charge in [-0.3, -0.25) is 0 Å². The van der Waals surface area contributed by atoms with Crippen LogP contribution in [0.4, 0.5) is 0 Å². The highest BCUT2D eigenvalue weighted by molar-refractivity contribution is 5.64. The van der Waals surface area contributed by atoms with Gasteiger partial charge in [0, 0.05) is 11.6 Å². The van der Waals surface area contributed by atoms with Crippen LogP contribution in [0.15, 0.2) is 29.4 Å². The topological polar surface area (TPSA) is 32.6 Å². The molecule has 0 atom stereocenters. The van der Waals surface area contributed by atoms with Crippen LogP contribution in [0, 0.1) is 5.41 Å². The highest BCUT2D eigenvalue weighted by Gasteiger charge is 2.15. The van der Waals surface area contributed by atoms with Crippen LogP contribution < -0.4 is 0 Å². The summed E-state index contributed by atoms with van der Waals surface area (Å²) in [7, 11) is 0. The molecule has 0 aromatic heterocycles. The number of hydrogen-bond acceptors (Lipinski definition) is 2. The fraction of sp³-hybridized carbons (Fsp3) is 0.462. The normalized spacial score (nSPS) is 12.2. The molecule has 2 heteroatoms. The van der Waals surface area contributed by atoms with Crippen LogP contribution in [0.5, 0.6) is 0 Å². The van der Waals surface area contributed by atoms with E-state index in [0.29, 0.717) is 0 Å². The van der Waals surface area contributed by atoms with Gasteiger partial charge >= 0.3 is 0 Å².